The van der Waals surface area contributed by atoms with Gasteiger partial charge in [0.05, 0.1) is 12.2 Å². The molecule has 4 heteroatoms. The summed E-state index contributed by atoms with van der Waals surface area (Å²) in [7, 11) is 0. The molecule has 0 aromatic heterocycles. The van der Waals surface area contributed by atoms with Gasteiger partial charge in [-0.05, 0) is 36.6 Å². The van der Waals surface area contributed by atoms with E-state index in [4.69, 9.17) is 10.5 Å². The Morgan fingerprint density at radius 3 is 2.73 bits per heavy atom. The standard InChI is InChI=1S/C18H20N2O2/c1-3-16-18(21)20(11-13-7-5-4-6-12(13)2)15-9-8-14(19)10-17(15)22-16/h4-10,16H,3,11,19H2,1-2H3. The normalized spacial score (nSPS) is 17.1. The Balaban J connectivity index is 2.01. The molecule has 0 aliphatic carbocycles. The van der Waals surface area contributed by atoms with Crippen LogP contribution in [0.4, 0.5) is 11.4 Å². The Labute approximate surface area is 130 Å². The lowest BCUT2D eigenvalue weighted by atomic mass is 10.1. The molecule has 1 heterocycles. The van der Waals surface area contributed by atoms with Crippen molar-refractivity contribution in [2.45, 2.75) is 32.9 Å². The number of ether oxygens (including phenoxy) is 1. The molecule has 22 heavy (non-hydrogen) atoms. The largest absolute Gasteiger partial charge is 0.478 e. The van der Waals surface area contributed by atoms with Gasteiger partial charge in [0, 0.05) is 11.8 Å². The van der Waals surface area contributed by atoms with Crippen LogP contribution < -0.4 is 15.4 Å². The van der Waals surface area contributed by atoms with Crippen LogP contribution >= 0.6 is 0 Å². The predicted octanol–water partition coefficient (Wildman–Crippen LogP) is 3.28. The Morgan fingerprint density at radius 1 is 1.23 bits per heavy atom. The first-order chi connectivity index (χ1) is 10.6. The van der Waals surface area contributed by atoms with Crippen LogP contribution in [0.5, 0.6) is 5.75 Å². The summed E-state index contributed by atoms with van der Waals surface area (Å²) >= 11 is 0. The number of benzene rings is 2. The molecule has 2 aromatic rings. The van der Waals surface area contributed by atoms with Crippen LogP contribution in [0.3, 0.4) is 0 Å². The third-order valence-electron chi connectivity index (χ3n) is 4.05. The molecular formula is C18H20N2O2. The molecule has 0 bridgehead atoms. The first-order valence-corrected chi connectivity index (χ1v) is 7.52. The van der Waals surface area contributed by atoms with Crippen molar-refractivity contribution in [3.8, 4) is 5.75 Å². The monoisotopic (exact) mass is 296 g/mol. The molecule has 0 saturated carbocycles. The molecule has 1 atom stereocenters. The van der Waals surface area contributed by atoms with Gasteiger partial charge in [0.1, 0.15) is 5.75 Å². The lowest BCUT2D eigenvalue weighted by Crippen LogP contribution is -2.45. The summed E-state index contributed by atoms with van der Waals surface area (Å²) in [5.74, 6) is 0.683. The number of aryl methyl sites for hydroxylation is 1. The van der Waals surface area contributed by atoms with Crippen LogP contribution in [-0.4, -0.2) is 12.0 Å². The molecule has 1 amide bonds. The zero-order chi connectivity index (χ0) is 15.7. The van der Waals surface area contributed by atoms with Crippen molar-refractivity contribution in [2.24, 2.45) is 0 Å². The summed E-state index contributed by atoms with van der Waals surface area (Å²) in [6.45, 7) is 4.55. The van der Waals surface area contributed by atoms with Crippen LogP contribution in [0.25, 0.3) is 0 Å². The minimum absolute atomic E-state index is 0.00280. The van der Waals surface area contributed by atoms with Crippen molar-refractivity contribution in [1.82, 2.24) is 0 Å². The summed E-state index contributed by atoms with van der Waals surface area (Å²) in [6.07, 6.45) is 0.190. The molecule has 0 radical (unpaired) electrons. The number of nitrogen functional groups attached to an aromatic ring is 1. The molecule has 1 unspecified atom stereocenters. The van der Waals surface area contributed by atoms with Crippen LogP contribution in [0.1, 0.15) is 24.5 Å². The Bertz CT molecular complexity index is 712. The van der Waals surface area contributed by atoms with E-state index in [0.717, 1.165) is 11.3 Å². The first kappa shape index (κ1) is 14.4. The van der Waals surface area contributed by atoms with Crippen molar-refractivity contribution in [3.05, 3.63) is 53.6 Å². The highest BCUT2D eigenvalue weighted by Crippen LogP contribution is 2.37. The number of carbonyl (C=O) groups is 1. The molecule has 0 spiro atoms. The number of anilines is 2. The number of hydrogen-bond donors (Lipinski definition) is 1. The number of amides is 1. The minimum Gasteiger partial charge on any atom is -0.478 e. The molecule has 0 fully saturated rings. The highest BCUT2D eigenvalue weighted by Gasteiger charge is 2.33. The first-order valence-electron chi connectivity index (χ1n) is 7.52. The molecule has 2 aromatic carbocycles. The second kappa shape index (κ2) is 5.72. The van der Waals surface area contributed by atoms with E-state index in [2.05, 4.69) is 19.1 Å². The van der Waals surface area contributed by atoms with E-state index in [0.29, 0.717) is 24.4 Å². The topological polar surface area (TPSA) is 55.6 Å². The number of nitrogens with two attached hydrogens (primary N) is 1. The second-order valence-corrected chi connectivity index (χ2v) is 5.59. The average Bonchev–Trinajstić information content (AvgIpc) is 2.51. The van der Waals surface area contributed by atoms with Crippen molar-refractivity contribution in [2.75, 3.05) is 10.6 Å². The lowest BCUT2D eigenvalue weighted by Gasteiger charge is -2.34. The third-order valence-corrected chi connectivity index (χ3v) is 4.05. The molecule has 114 valence electrons. The van der Waals surface area contributed by atoms with Gasteiger partial charge in [0.25, 0.3) is 5.91 Å². The molecular weight excluding hydrogens is 276 g/mol. The van der Waals surface area contributed by atoms with E-state index in [1.807, 2.05) is 25.1 Å². The van der Waals surface area contributed by atoms with Gasteiger partial charge in [0.15, 0.2) is 6.10 Å². The quantitative estimate of drug-likeness (QED) is 0.884. The van der Waals surface area contributed by atoms with Crippen molar-refractivity contribution >= 4 is 17.3 Å². The van der Waals surface area contributed by atoms with Crippen molar-refractivity contribution in [1.29, 1.82) is 0 Å². The fraction of sp³-hybridized carbons (Fsp3) is 0.278. The summed E-state index contributed by atoms with van der Waals surface area (Å²) in [6, 6.07) is 13.5. The summed E-state index contributed by atoms with van der Waals surface area (Å²) in [4.78, 5) is 14.5. The Kier molecular flexibility index (Phi) is 3.75. The molecule has 1 aliphatic rings. The SMILES string of the molecule is CCC1Oc2cc(N)ccc2N(Cc2ccccc2C)C1=O. The Hall–Kier alpha value is -2.49. The lowest BCUT2D eigenvalue weighted by molar-refractivity contribution is -0.126. The highest BCUT2D eigenvalue weighted by molar-refractivity contribution is 6.00. The smallest absolute Gasteiger partial charge is 0.268 e. The summed E-state index contributed by atoms with van der Waals surface area (Å²) < 4.78 is 5.80. The molecule has 2 N–H and O–H groups in total. The minimum atomic E-state index is -0.446. The fourth-order valence-corrected chi connectivity index (χ4v) is 2.72. The maximum absolute atomic E-state index is 12.7. The van der Waals surface area contributed by atoms with Gasteiger partial charge in [-0.15, -0.1) is 0 Å². The van der Waals surface area contributed by atoms with Gasteiger partial charge in [-0.3, -0.25) is 4.79 Å². The zero-order valence-corrected chi connectivity index (χ0v) is 12.9. The van der Waals surface area contributed by atoms with E-state index in [1.54, 1.807) is 17.0 Å². The van der Waals surface area contributed by atoms with Gasteiger partial charge in [0.2, 0.25) is 0 Å². The van der Waals surface area contributed by atoms with Gasteiger partial charge < -0.3 is 15.4 Å². The van der Waals surface area contributed by atoms with Gasteiger partial charge in [-0.1, -0.05) is 31.2 Å². The predicted molar refractivity (Wildman–Crippen MR) is 87.9 cm³/mol. The van der Waals surface area contributed by atoms with Crippen LogP contribution in [0, 0.1) is 6.92 Å². The van der Waals surface area contributed by atoms with Crippen molar-refractivity contribution < 1.29 is 9.53 Å². The van der Waals surface area contributed by atoms with E-state index in [-0.39, 0.29) is 5.91 Å². The van der Waals surface area contributed by atoms with E-state index >= 15 is 0 Å². The number of hydrogen-bond acceptors (Lipinski definition) is 3. The average molecular weight is 296 g/mol. The molecule has 0 saturated heterocycles. The van der Waals surface area contributed by atoms with Crippen LogP contribution in [0.2, 0.25) is 0 Å². The molecule has 1 aliphatic heterocycles. The van der Waals surface area contributed by atoms with Gasteiger partial charge >= 0.3 is 0 Å². The molecule has 4 nitrogen and oxygen atoms in total. The van der Waals surface area contributed by atoms with E-state index in [1.165, 1.54) is 5.56 Å². The van der Waals surface area contributed by atoms with Crippen LogP contribution in [0.15, 0.2) is 42.5 Å². The van der Waals surface area contributed by atoms with E-state index in [9.17, 15) is 4.79 Å². The number of carbonyl (C=O) groups excluding carboxylic acids is 1. The fourth-order valence-electron chi connectivity index (χ4n) is 2.72. The summed E-state index contributed by atoms with van der Waals surface area (Å²) in [5, 5.41) is 0. The maximum Gasteiger partial charge on any atom is 0.268 e. The van der Waals surface area contributed by atoms with Crippen molar-refractivity contribution in [3.63, 3.8) is 0 Å². The maximum atomic E-state index is 12.7. The van der Waals surface area contributed by atoms with E-state index < -0.39 is 6.10 Å². The number of nitrogens with zero attached hydrogens (tertiary/aromatic N) is 1. The zero-order valence-electron chi connectivity index (χ0n) is 12.9. The Morgan fingerprint density at radius 2 is 2.00 bits per heavy atom. The van der Waals surface area contributed by atoms with Gasteiger partial charge in [-0.2, -0.15) is 0 Å². The number of rotatable bonds is 3. The summed E-state index contributed by atoms with van der Waals surface area (Å²) in [5.41, 5.74) is 9.57. The number of fused-ring (bicyclic) bond motifs is 1. The molecule has 3 rings (SSSR count). The van der Waals surface area contributed by atoms with Gasteiger partial charge in [-0.25, -0.2) is 0 Å². The highest BCUT2D eigenvalue weighted by atomic mass is 16.5. The third kappa shape index (κ3) is 2.52. The van der Waals surface area contributed by atoms with Crippen LogP contribution in [-0.2, 0) is 11.3 Å². The second-order valence-electron chi connectivity index (χ2n) is 5.59.